The van der Waals surface area contributed by atoms with Gasteiger partial charge < -0.3 is 14.8 Å². The first-order valence-corrected chi connectivity index (χ1v) is 10.6. The van der Waals surface area contributed by atoms with Crippen molar-refractivity contribution in [1.82, 2.24) is 15.2 Å². The zero-order valence-electron chi connectivity index (χ0n) is 17.0. The molecule has 1 fully saturated rings. The molecule has 1 aromatic heterocycles. The van der Waals surface area contributed by atoms with E-state index in [1.807, 2.05) is 18.2 Å². The molecule has 7 nitrogen and oxygen atoms in total. The molecule has 2 aromatic rings. The van der Waals surface area contributed by atoms with Gasteiger partial charge in [0.2, 0.25) is 0 Å². The van der Waals surface area contributed by atoms with E-state index in [1.54, 1.807) is 24.4 Å². The molecule has 162 valence electrons. The summed E-state index contributed by atoms with van der Waals surface area (Å²) in [7, 11) is 1.36. The predicted molar refractivity (Wildman–Crippen MR) is 119 cm³/mol. The Balaban J connectivity index is 1.82. The fraction of sp³-hybridized carbons (Fsp3) is 0.318. The number of rotatable bonds is 5. The summed E-state index contributed by atoms with van der Waals surface area (Å²) in [5.74, 6) is 0.100. The van der Waals surface area contributed by atoms with E-state index >= 15 is 0 Å². The molecule has 0 spiro atoms. The molecule has 2 aliphatic heterocycles. The lowest BCUT2D eigenvalue weighted by Crippen LogP contribution is -2.43. The largest absolute Gasteiger partial charge is 0.466 e. The second-order valence-corrected chi connectivity index (χ2v) is 8.00. The van der Waals surface area contributed by atoms with E-state index in [0.717, 1.165) is 13.1 Å². The lowest BCUT2D eigenvalue weighted by Gasteiger charge is -2.32. The summed E-state index contributed by atoms with van der Waals surface area (Å²) in [5.41, 5.74) is 2.46. The van der Waals surface area contributed by atoms with Gasteiger partial charge in [-0.15, -0.1) is 0 Å². The van der Waals surface area contributed by atoms with Crippen molar-refractivity contribution in [1.29, 1.82) is 0 Å². The maximum Gasteiger partial charge on any atom is 0.338 e. The van der Waals surface area contributed by atoms with Gasteiger partial charge in [0.25, 0.3) is 0 Å². The van der Waals surface area contributed by atoms with Gasteiger partial charge in [0.05, 0.1) is 25.9 Å². The number of hydrogen-bond acceptors (Lipinski definition) is 7. The van der Waals surface area contributed by atoms with Crippen molar-refractivity contribution in [2.75, 3.05) is 40.0 Å². The maximum absolute atomic E-state index is 12.9. The van der Waals surface area contributed by atoms with E-state index in [1.165, 1.54) is 7.11 Å². The quantitative estimate of drug-likeness (QED) is 0.690. The average molecular weight is 461 g/mol. The van der Waals surface area contributed by atoms with Gasteiger partial charge in [-0.25, -0.2) is 4.79 Å². The number of aliphatic imine (C=N–C) groups is 1. The van der Waals surface area contributed by atoms with Gasteiger partial charge in [0.15, 0.2) is 5.84 Å². The maximum atomic E-state index is 12.9. The number of carbonyl (C=O) groups is 1. The van der Waals surface area contributed by atoms with Crippen LogP contribution in [0.4, 0.5) is 0 Å². The average Bonchev–Trinajstić information content (AvgIpc) is 2.79. The number of methoxy groups -OCH3 is 1. The fourth-order valence-corrected chi connectivity index (χ4v) is 4.15. The van der Waals surface area contributed by atoms with Crippen molar-refractivity contribution in [2.24, 2.45) is 4.99 Å². The van der Waals surface area contributed by atoms with Crippen molar-refractivity contribution in [3.05, 3.63) is 75.2 Å². The number of nitrogens with zero attached hydrogens (tertiary/aromatic N) is 3. The number of pyridine rings is 1. The molecule has 31 heavy (non-hydrogen) atoms. The molecule has 4 rings (SSSR count). The smallest absolute Gasteiger partial charge is 0.338 e. The van der Waals surface area contributed by atoms with Crippen molar-refractivity contribution < 1.29 is 14.3 Å². The number of halogens is 2. The molecule has 3 heterocycles. The minimum Gasteiger partial charge on any atom is -0.466 e. The number of nitrogens with one attached hydrogen (secondary N) is 1. The van der Waals surface area contributed by atoms with Gasteiger partial charge in [-0.05, 0) is 24.3 Å². The Kier molecular flexibility index (Phi) is 6.87. The van der Waals surface area contributed by atoms with Crippen LogP contribution in [0.15, 0.2) is 58.9 Å². The molecule has 1 atom stereocenters. The lowest BCUT2D eigenvalue weighted by molar-refractivity contribution is -0.136. The minimum atomic E-state index is -0.661. The molecule has 0 bridgehead atoms. The zero-order valence-corrected chi connectivity index (χ0v) is 18.5. The van der Waals surface area contributed by atoms with Crippen LogP contribution >= 0.6 is 23.2 Å². The Labute approximate surface area is 190 Å². The van der Waals surface area contributed by atoms with Crippen LogP contribution in [0, 0.1) is 0 Å². The molecule has 1 N–H and O–H groups in total. The van der Waals surface area contributed by atoms with Crippen molar-refractivity contribution in [3.8, 4) is 0 Å². The number of aromatic nitrogens is 1. The molecule has 1 saturated heterocycles. The molecular weight excluding hydrogens is 439 g/mol. The molecule has 2 aliphatic rings. The zero-order chi connectivity index (χ0) is 21.8. The summed E-state index contributed by atoms with van der Waals surface area (Å²) >= 11 is 12.6. The lowest BCUT2D eigenvalue weighted by atomic mass is 9.95. The molecule has 1 aromatic carbocycles. The Hall–Kier alpha value is -2.45. The van der Waals surface area contributed by atoms with Crippen LogP contribution in [0.5, 0.6) is 0 Å². The highest BCUT2D eigenvalue weighted by atomic mass is 35.5. The first-order chi connectivity index (χ1) is 15.1. The summed E-state index contributed by atoms with van der Waals surface area (Å²) < 4.78 is 10.6. The molecule has 0 aliphatic carbocycles. The number of carbonyl (C=O) groups excluding carboxylic acids is 1. The normalized spacial score (nSPS) is 19.6. The molecule has 0 saturated carbocycles. The van der Waals surface area contributed by atoms with Crippen LogP contribution in [0.1, 0.15) is 17.3 Å². The Bertz CT molecular complexity index is 1020. The van der Waals surface area contributed by atoms with E-state index in [0.29, 0.717) is 58.2 Å². The molecule has 0 amide bonds. The number of amidine groups is 1. The van der Waals surface area contributed by atoms with E-state index < -0.39 is 12.0 Å². The monoisotopic (exact) mass is 460 g/mol. The van der Waals surface area contributed by atoms with Crippen LogP contribution < -0.4 is 5.32 Å². The van der Waals surface area contributed by atoms with Crippen LogP contribution in [0.3, 0.4) is 0 Å². The fourth-order valence-electron chi connectivity index (χ4n) is 3.63. The molecule has 0 radical (unpaired) electrons. The van der Waals surface area contributed by atoms with Gasteiger partial charge in [-0.1, -0.05) is 35.3 Å². The van der Waals surface area contributed by atoms with Crippen LogP contribution in [0.25, 0.3) is 0 Å². The third-order valence-electron chi connectivity index (χ3n) is 5.18. The molecular formula is C22H22Cl2N4O3. The van der Waals surface area contributed by atoms with Crippen LogP contribution in [-0.4, -0.2) is 61.6 Å². The highest BCUT2D eigenvalue weighted by molar-refractivity contribution is 6.35. The first kappa shape index (κ1) is 21.8. The number of ether oxygens (including phenoxy) is 2. The Morgan fingerprint density at radius 2 is 2.06 bits per heavy atom. The Morgan fingerprint density at radius 3 is 2.74 bits per heavy atom. The van der Waals surface area contributed by atoms with Gasteiger partial charge in [-0.2, -0.15) is 0 Å². The highest BCUT2D eigenvalue weighted by Gasteiger charge is 2.34. The first-order valence-electron chi connectivity index (χ1n) is 9.89. The second-order valence-electron chi connectivity index (χ2n) is 7.16. The predicted octanol–water partition coefficient (Wildman–Crippen LogP) is 3.24. The SMILES string of the molecule is COC(=O)C1=C(CN2CCOCC2)NC(c2ccccn2)=NC1c1ccc(Cl)cc1Cl. The third-order valence-corrected chi connectivity index (χ3v) is 5.74. The summed E-state index contributed by atoms with van der Waals surface area (Å²) in [6, 6.07) is 10.1. The van der Waals surface area contributed by atoms with Crippen LogP contribution in [0.2, 0.25) is 10.0 Å². The highest BCUT2D eigenvalue weighted by Crippen LogP contribution is 2.37. The second kappa shape index (κ2) is 9.78. The van der Waals surface area contributed by atoms with E-state index in [-0.39, 0.29) is 0 Å². The van der Waals surface area contributed by atoms with Gasteiger partial charge >= 0.3 is 5.97 Å². The van der Waals surface area contributed by atoms with E-state index in [2.05, 4.69) is 15.2 Å². The van der Waals surface area contributed by atoms with Crippen molar-refractivity contribution >= 4 is 35.0 Å². The number of morpholine rings is 1. The summed E-state index contributed by atoms with van der Waals surface area (Å²) in [4.78, 5) is 24.4. The molecule has 1 unspecified atom stereocenters. The Morgan fingerprint density at radius 1 is 1.26 bits per heavy atom. The molecule has 9 heteroatoms. The number of esters is 1. The summed E-state index contributed by atoms with van der Waals surface area (Å²) in [5, 5.41) is 4.26. The van der Waals surface area contributed by atoms with Crippen molar-refractivity contribution in [2.45, 2.75) is 6.04 Å². The standard InChI is InChI=1S/C22H22Cl2N4O3/c1-30-22(29)19-18(13-28-8-10-31-11-9-28)26-21(17-4-2-3-7-25-17)27-20(19)15-6-5-14(23)12-16(15)24/h2-7,12,20H,8-11,13H2,1H3,(H,26,27). The van der Waals surface area contributed by atoms with Gasteiger partial charge in [-0.3, -0.25) is 14.9 Å². The summed E-state index contributed by atoms with van der Waals surface area (Å²) in [6.45, 7) is 3.34. The minimum absolute atomic E-state index is 0.415. The van der Waals surface area contributed by atoms with Gasteiger partial charge in [0, 0.05) is 47.1 Å². The number of hydrogen-bond donors (Lipinski definition) is 1. The third kappa shape index (κ3) is 4.91. The van der Waals surface area contributed by atoms with Crippen LogP contribution in [-0.2, 0) is 14.3 Å². The van der Waals surface area contributed by atoms with Crippen molar-refractivity contribution in [3.63, 3.8) is 0 Å². The van der Waals surface area contributed by atoms with E-state index in [9.17, 15) is 4.79 Å². The number of benzene rings is 1. The topological polar surface area (TPSA) is 76.0 Å². The van der Waals surface area contributed by atoms with Gasteiger partial charge in [0.1, 0.15) is 11.7 Å². The summed E-state index contributed by atoms with van der Waals surface area (Å²) in [6.07, 6.45) is 1.70. The van der Waals surface area contributed by atoms with E-state index in [4.69, 9.17) is 37.7 Å².